The van der Waals surface area contributed by atoms with Crippen molar-refractivity contribution in [2.75, 3.05) is 13.1 Å². The maximum atomic E-state index is 12.1. The second-order valence-corrected chi connectivity index (χ2v) is 5.12. The van der Waals surface area contributed by atoms with Crippen molar-refractivity contribution >= 4 is 0 Å². The molecule has 0 aliphatic carbocycles. The molecule has 2 unspecified atom stereocenters. The Bertz CT molecular complexity index is 216. The zero-order valence-corrected chi connectivity index (χ0v) is 10.5. The van der Waals surface area contributed by atoms with E-state index < -0.39 is 12.6 Å². The summed E-state index contributed by atoms with van der Waals surface area (Å²) in [6.45, 7) is 3.44. The van der Waals surface area contributed by atoms with Gasteiger partial charge in [0.15, 0.2) is 0 Å². The monoisotopic (exact) mass is 252 g/mol. The molecule has 102 valence electrons. The van der Waals surface area contributed by atoms with E-state index >= 15 is 0 Å². The predicted molar refractivity (Wildman–Crippen MR) is 62.8 cm³/mol. The molecule has 0 aromatic heterocycles. The van der Waals surface area contributed by atoms with Gasteiger partial charge in [0.1, 0.15) is 0 Å². The van der Waals surface area contributed by atoms with Crippen LogP contribution in [0.25, 0.3) is 0 Å². The van der Waals surface area contributed by atoms with Crippen LogP contribution in [-0.2, 0) is 0 Å². The van der Waals surface area contributed by atoms with E-state index in [1.54, 1.807) is 0 Å². The van der Waals surface area contributed by atoms with Crippen LogP contribution in [-0.4, -0.2) is 36.2 Å². The van der Waals surface area contributed by atoms with Crippen LogP contribution in [0.5, 0.6) is 0 Å². The van der Waals surface area contributed by atoms with Crippen LogP contribution < -0.4 is 5.73 Å². The minimum absolute atomic E-state index is 0.128. The molecule has 1 saturated heterocycles. The summed E-state index contributed by atoms with van der Waals surface area (Å²) in [5, 5.41) is 0. The second kappa shape index (κ2) is 6.59. The highest BCUT2D eigenvalue weighted by atomic mass is 19.4. The summed E-state index contributed by atoms with van der Waals surface area (Å²) >= 11 is 0. The summed E-state index contributed by atoms with van der Waals surface area (Å²) in [5.41, 5.74) is 5.78. The molecule has 2 nitrogen and oxygen atoms in total. The van der Waals surface area contributed by atoms with Crippen molar-refractivity contribution in [3.63, 3.8) is 0 Å². The van der Waals surface area contributed by atoms with E-state index in [1.807, 2.05) is 6.92 Å². The number of nitrogens with zero attached hydrogens (tertiary/aromatic N) is 1. The smallest absolute Gasteiger partial charge is 0.328 e. The van der Waals surface area contributed by atoms with Crippen molar-refractivity contribution in [3.8, 4) is 0 Å². The van der Waals surface area contributed by atoms with Gasteiger partial charge in [-0.2, -0.15) is 13.2 Å². The summed E-state index contributed by atoms with van der Waals surface area (Å²) in [7, 11) is 0. The highest BCUT2D eigenvalue weighted by Crippen LogP contribution is 2.24. The fourth-order valence-electron chi connectivity index (χ4n) is 2.53. The van der Waals surface area contributed by atoms with Crippen LogP contribution in [0.1, 0.15) is 45.4 Å². The lowest BCUT2D eigenvalue weighted by Gasteiger charge is -2.36. The highest BCUT2D eigenvalue weighted by molar-refractivity contribution is 4.79. The molecule has 0 aromatic rings. The van der Waals surface area contributed by atoms with E-state index in [0.717, 1.165) is 25.8 Å². The average molecular weight is 252 g/mol. The molecule has 0 spiro atoms. The number of piperidine rings is 1. The van der Waals surface area contributed by atoms with E-state index in [2.05, 4.69) is 4.90 Å². The number of halogens is 3. The molecular formula is C12H23F3N2. The Kier molecular flexibility index (Phi) is 5.73. The Morgan fingerprint density at radius 3 is 2.65 bits per heavy atom. The van der Waals surface area contributed by atoms with Gasteiger partial charge in [-0.3, -0.25) is 0 Å². The number of hydrogen-bond donors (Lipinski definition) is 1. The van der Waals surface area contributed by atoms with Gasteiger partial charge < -0.3 is 10.6 Å². The molecule has 1 aliphatic rings. The van der Waals surface area contributed by atoms with E-state index in [0.29, 0.717) is 12.6 Å². The van der Waals surface area contributed by atoms with Crippen molar-refractivity contribution in [1.82, 2.24) is 4.90 Å². The minimum atomic E-state index is -4.02. The zero-order valence-electron chi connectivity index (χ0n) is 10.5. The quantitative estimate of drug-likeness (QED) is 0.815. The lowest BCUT2D eigenvalue weighted by atomic mass is 9.96. The van der Waals surface area contributed by atoms with Crippen molar-refractivity contribution < 1.29 is 13.2 Å². The molecule has 0 radical (unpaired) electrons. The van der Waals surface area contributed by atoms with Crippen molar-refractivity contribution in [2.45, 2.75) is 63.7 Å². The molecular weight excluding hydrogens is 229 g/mol. The fraction of sp³-hybridized carbons (Fsp3) is 1.00. The minimum Gasteiger partial charge on any atom is -0.328 e. The van der Waals surface area contributed by atoms with Crippen molar-refractivity contribution in [2.24, 2.45) is 5.73 Å². The number of alkyl halides is 3. The van der Waals surface area contributed by atoms with Crippen molar-refractivity contribution in [1.29, 1.82) is 0 Å². The Labute approximate surface area is 101 Å². The topological polar surface area (TPSA) is 29.3 Å². The second-order valence-electron chi connectivity index (χ2n) is 5.12. The normalized spacial score (nSPS) is 24.9. The van der Waals surface area contributed by atoms with Crippen LogP contribution in [0, 0.1) is 0 Å². The van der Waals surface area contributed by atoms with Gasteiger partial charge in [-0.25, -0.2) is 0 Å². The van der Waals surface area contributed by atoms with Gasteiger partial charge in [0.05, 0.1) is 0 Å². The third kappa shape index (κ3) is 6.27. The molecule has 17 heavy (non-hydrogen) atoms. The van der Waals surface area contributed by atoms with Crippen LogP contribution in [0.15, 0.2) is 0 Å². The SMILES string of the molecule is CC(N)CC1CCCCN1CCCC(F)(F)F. The summed E-state index contributed by atoms with van der Waals surface area (Å²) in [6, 6.07) is 0.514. The lowest BCUT2D eigenvalue weighted by molar-refractivity contribution is -0.136. The third-order valence-corrected chi connectivity index (χ3v) is 3.30. The molecule has 5 heteroatoms. The van der Waals surface area contributed by atoms with Gasteiger partial charge in [-0.1, -0.05) is 6.42 Å². The first-order chi connectivity index (χ1) is 7.88. The van der Waals surface area contributed by atoms with Crippen LogP contribution in [0.4, 0.5) is 13.2 Å². The van der Waals surface area contributed by atoms with Gasteiger partial charge in [0.25, 0.3) is 0 Å². The van der Waals surface area contributed by atoms with Gasteiger partial charge in [0, 0.05) is 18.5 Å². The Balaban J connectivity index is 2.32. The molecule has 1 rings (SSSR count). The molecule has 1 fully saturated rings. The highest BCUT2D eigenvalue weighted by Gasteiger charge is 2.28. The Morgan fingerprint density at radius 2 is 2.06 bits per heavy atom. The lowest BCUT2D eigenvalue weighted by Crippen LogP contribution is -2.43. The third-order valence-electron chi connectivity index (χ3n) is 3.30. The number of nitrogens with two attached hydrogens (primary N) is 1. The molecule has 2 atom stereocenters. The Hall–Kier alpha value is -0.290. The molecule has 0 saturated carbocycles. The van der Waals surface area contributed by atoms with E-state index in [9.17, 15) is 13.2 Å². The summed E-state index contributed by atoms with van der Waals surface area (Å²) in [5.74, 6) is 0. The molecule has 0 aromatic carbocycles. The predicted octanol–water partition coefficient (Wildman–Crippen LogP) is 2.92. The maximum Gasteiger partial charge on any atom is 0.389 e. The van der Waals surface area contributed by atoms with Gasteiger partial charge >= 0.3 is 6.18 Å². The maximum absolute atomic E-state index is 12.1. The first-order valence-electron chi connectivity index (χ1n) is 6.45. The molecule has 1 heterocycles. The zero-order chi connectivity index (χ0) is 12.9. The first-order valence-corrected chi connectivity index (χ1v) is 6.45. The van der Waals surface area contributed by atoms with Gasteiger partial charge in [-0.15, -0.1) is 0 Å². The van der Waals surface area contributed by atoms with Gasteiger partial charge in [-0.05, 0) is 45.7 Å². The molecule has 2 N–H and O–H groups in total. The summed E-state index contributed by atoms with van der Waals surface area (Å²) < 4.78 is 36.2. The molecule has 1 aliphatic heterocycles. The first kappa shape index (κ1) is 14.8. The summed E-state index contributed by atoms with van der Waals surface area (Å²) in [6.07, 6.45) is -0.242. The average Bonchev–Trinajstić information content (AvgIpc) is 2.18. The van der Waals surface area contributed by atoms with Gasteiger partial charge in [0.2, 0.25) is 0 Å². The van der Waals surface area contributed by atoms with E-state index in [-0.39, 0.29) is 12.5 Å². The largest absolute Gasteiger partial charge is 0.389 e. The fourth-order valence-corrected chi connectivity index (χ4v) is 2.53. The van der Waals surface area contributed by atoms with Crippen LogP contribution in [0.2, 0.25) is 0 Å². The summed E-state index contributed by atoms with van der Waals surface area (Å²) in [4.78, 5) is 2.19. The Morgan fingerprint density at radius 1 is 1.35 bits per heavy atom. The molecule has 0 bridgehead atoms. The van der Waals surface area contributed by atoms with E-state index in [1.165, 1.54) is 6.42 Å². The van der Waals surface area contributed by atoms with Crippen LogP contribution >= 0.6 is 0 Å². The molecule has 0 amide bonds. The van der Waals surface area contributed by atoms with E-state index in [4.69, 9.17) is 5.73 Å². The number of hydrogen-bond acceptors (Lipinski definition) is 2. The van der Waals surface area contributed by atoms with Crippen LogP contribution in [0.3, 0.4) is 0 Å². The number of rotatable bonds is 5. The standard InChI is InChI=1S/C12H23F3N2/c1-10(16)9-11-5-2-3-7-17(11)8-4-6-12(13,14)15/h10-11H,2-9,16H2,1H3. The van der Waals surface area contributed by atoms with Crippen molar-refractivity contribution in [3.05, 3.63) is 0 Å². The number of likely N-dealkylation sites (tertiary alicyclic amines) is 1.